The summed E-state index contributed by atoms with van der Waals surface area (Å²) >= 11 is 0. The molecule has 0 aromatic carbocycles. The summed E-state index contributed by atoms with van der Waals surface area (Å²) in [7, 11) is 1.69. The lowest BCUT2D eigenvalue weighted by atomic mass is 10.2. The minimum Gasteiger partial charge on any atom is -0.339 e. The fourth-order valence-electron chi connectivity index (χ4n) is 0.982. The Hall–Kier alpha value is -1.71. The maximum absolute atomic E-state index is 5.09. The van der Waals surface area contributed by atoms with Gasteiger partial charge in [0.25, 0.3) is 0 Å². The first-order valence-corrected chi connectivity index (χ1v) is 4.79. The second kappa shape index (κ2) is 5.24. The van der Waals surface area contributed by atoms with Crippen LogP contribution in [0.15, 0.2) is 34.3 Å². The maximum atomic E-state index is 5.09. The van der Waals surface area contributed by atoms with Crippen LogP contribution in [0.5, 0.6) is 0 Å². The van der Waals surface area contributed by atoms with E-state index in [0.717, 1.165) is 0 Å². The SMILES string of the molecule is C=C/C=C\C(=NC)c1noc(C(C)C)n1. The number of hydrogen-bond acceptors (Lipinski definition) is 4. The van der Waals surface area contributed by atoms with Crippen LogP contribution in [0.4, 0.5) is 0 Å². The highest BCUT2D eigenvalue weighted by Gasteiger charge is 2.12. The fourth-order valence-corrected chi connectivity index (χ4v) is 0.982. The largest absolute Gasteiger partial charge is 0.339 e. The van der Waals surface area contributed by atoms with Gasteiger partial charge in [-0.3, -0.25) is 4.99 Å². The van der Waals surface area contributed by atoms with Crippen molar-refractivity contribution in [3.05, 3.63) is 36.5 Å². The maximum Gasteiger partial charge on any atom is 0.229 e. The van der Waals surface area contributed by atoms with Gasteiger partial charge in [-0.2, -0.15) is 4.98 Å². The lowest BCUT2D eigenvalue weighted by Crippen LogP contribution is -1.99. The quantitative estimate of drug-likeness (QED) is 0.560. The van der Waals surface area contributed by atoms with E-state index < -0.39 is 0 Å². The van der Waals surface area contributed by atoms with E-state index in [4.69, 9.17) is 4.52 Å². The molecule has 0 N–H and O–H groups in total. The first-order valence-electron chi connectivity index (χ1n) is 4.79. The van der Waals surface area contributed by atoms with Crippen molar-refractivity contribution in [3.8, 4) is 0 Å². The summed E-state index contributed by atoms with van der Waals surface area (Å²) in [6.45, 7) is 7.59. The Morgan fingerprint density at radius 1 is 1.53 bits per heavy atom. The zero-order chi connectivity index (χ0) is 11.3. The molecule has 0 unspecified atom stereocenters. The molecule has 1 heterocycles. The Morgan fingerprint density at radius 3 is 2.73 bits per heavy atom. The molecule has 1 rings (SSSR count). The van der Waals surface area contributed by atoms with Crippen LogP contribution in [-0.4, -0.2) is 22.9 Å². The van der Waals surface area contributed by atoms with Gasteiger partial charge in [-0.05, 0) is 6.08 Å². The summed E-state index contributed by atoms with van der Waals surface area (Å²) in [5.74, 6) is 1.37. The molecule has 0 aliphatic heterocycles. The normalized spacial score (nSPS) is 12.7. The molecule has 1 aromatic rings. The molecule has 0 atom stereocenters. The summed E-state index contributed by atoms with van der Waals surface area (Å²) < 4.78 is 5.09. The fraction of sp³-hybridized carbons (Fsp3) is 0.364. The predicted molar refractivity (Wildman–Crippen MR) is 60.2 cm³/mol. The third-order valence-corrected chi connectivity index (χ3v) is 1.80. The molecule has 0 spiro atoms. The summed E-state index contributed by atoms with van der Waals surface area (Å²) in [4.78, 5) is 8.31. The van der Waals surface area contributed by atoms with Gasteiger partial charge in [-0.25, -0.2) is 0 Å². The number of allylic oxidation sites excluding steroid dienone is 3. The van der Waals surface area contributed by atoms with Crippen LogP contribution in [0.1, 0.15) is 31.5 Å². The van der Waals surface area contributed by atoms with Gasteiger partial charge in [0.05, 0.1) is 0 Å². The lowest BCUT2D eigenvalue weighted by Gasteiger charge is -1.92. The van der Waals surface area contributed by atoms with Gasteiger partial charge < -0.3 is 4.52 Å². The molecule has 0 radical (unpaired) electrons. The molecule has 0 fully saturated rings. The molecule has 1 aromatic heterocycles. The summed E-state index contributed by atoms with van der Waals surface area (Å²) in [5.41, 5.74) is 0.686. The van der Waals surface area contributed by atoms with Crippen LogP contribution < -0.4 is 0 Å². The topological polar surface area (TPSA) is 51.3 Å². The van der Waals surface area contributed by atoms with Gasteiger partial charge in [0.15, 0.2) is 0 Å². The van der Waals surface area contributed by atoms with E-state index in [9.17, 15) is 0 Å². The summed E-state index contributed by atoms with van der Waals surface area (Å²) in [6, 6.07) is 0. The van der Waals surface area contributed by atoms with Crippen molar-refractivity contribution in [2.75, 3.05) is 7.05 Å². The molecule has 15 heavy (non-hydrogen) atoms. The van der Waals surface area contributed by atoms with Crippen molar-refractivity contribution in [1.29, 1.82) is 0 Å². The Labute approximate surface area is 89.4 Å². The van der Waals surface area contributed by atoms with E-state index in [1.54, 1.807) is 25.3 Å². The molecule has 4 heteroatoms. The Kier molecular flexibility index (Phi) is 3.97. The standard InChI is InChI=1S/C11H15N3O/c1-5-6-7-9(12-4)10-13-11(8(2)3)15-14-10/h5-8H,1H2,2-4H3/b7-6-,12-9?. The molecule has 0 amide bonds. The van der Waals surface area contributed by atoms with Gasteiger partial charge in [0, 0.05) is 13.0 Å². The van der Waals surface area contributed by atoms with E-state index in [2.05, 4.69) is 21.7 Å². The van der Waals surface area contributed by atoms with E-state index in [0.29, 0.717) is 17.4 Å². The highest BCUT2D eigenvalue weighted by atomic mass is 16.5. The average Bonchev–Trinajstić information content (AvgIpc) is 2.68. The van der Waals surface area contributed by atoms with Crippen LogP contribution in [0, 0.1) is 0 Å². The van der Waals surface area contributed by atoms with Gasteiger partial charge in [-0.15, -0.1) is 0 Å². The molecule has 80 valence electrons. The molecule has 0 aliphatic carbocycles. The van der Waals surface area contributed by atoms with Crippen LogP contribution >= 0.6 is 0 Å². The van der Waals surface area contributed by atoms with Gasteiger partial charge in [0.2, 0.25) is 11.7 Å². The average molecular weight is 205 g/mol. The van der Waals surface area contributed by atoms with Crippen LogP contribution in [0.3, 0.4) is 0 Å². The van der Waals surface area contributed by atoms with Gasteiger partial charge in [-0.1, -0.05) is 37.7 Å². The number of rotatable bonds is 4. The van der Waals surface area contributed by atoms with E-state index in [1.165, 1.54) is 0 Å². The van der Waals surface area contributed by atoms with Crippen molar-refractivity contribution in [2.24, 2.45) is 4.99 Å². The molecule has 4 nitrogen and oxygen atoms in total. The molecule has 0 aliphatic rings. The van der Waals surface area contributed by atoms with Crippen molar-refractivity contribution in [1.82, 2.24) is 10.1 Å². The van der Waals surface area contributed by atoms with Gasteiger partial charge >= 0.3 is 0 Å². The highest BCUT2D eigenvalue weighted by Crippen LogP contribution is 2.11. The first kappa shape index (κ1) is 11.4. The molecule has 0 saturated carbocycles. The molecule has 0 saturated heterocycles. The molecular weight excluding hydrogens is 190 g/mol. The Morgan fingerprint density at radius 2 is 2.27 bits per heavy atom. The van der Waals surface area contributed by atoms with E-state index >= 15 is 0 Å². The monoisotopic (exact) mass is 205 g/mol. The van der Waals surface area contributed by atoms with Crippen LogP contribution in [0.2, 0.25) is 0 Å². The molecule has 0 bridgehead atoms. The number of aliphatic imine (C=N–C) groups is 1. The van der Waals surface area contributed by atoms with Gasteiger partial charge in [0.1, 0.15) is 5.71 Å². The summed E-state index contributed by atoms with van der Waals surface area (Å²) in [6.07, 6.45) is 5.25. The minimum atomic E-state index is 0.229. The number of nitrogens with zero attached hydrogens (tertiary/aromatic N) is 3. The second-order valence-corrected chi connectivity index (χ2v) is 3.31. The van der Waals surface area contributed by atoms with Crippen molar-refractivity contribution in [2.45, 2.75) is 19.8 Å². The lowest BCUT2D eigenvalue weighted by molar-refractivity contribution is 0.364. The Bertz CT molecular complexity index is 388. The van der Waals surface area contributed by atoms with Crippen LogP contribution in [-0.2, 0) is 0 Å². The van der Waals surface area contributed by atoms with E-state index in [-0.39, 0.29) is 5.92 Å². The van der Waals surface area contributed by atoms with Crippen molar-refractivity contribution < 1.29 is 4.52 Å². The van der Waals surface area contributed by atoms with Crippen LogP contribution in [0.25, 0.3) is 0 Å². The molecular formula is C11H15N3O. The zero-order valence-electron chi connectivity index (χ0n) is 9.27. The van der Waals surface area contributed by atoms with E-state index in [1.807, 2.05) is 13.8 Å². The van der Waals surface area contributed by atoms with Crippen molar-refractivity contribution >= 4 is 5.71 Å². The third kappa shape index (κ3) is 2.87. The first-order chi connectivity index (χ1) is 7.19. The second-order valence-electron chi connectivity index (χ2n) is 3.31. The minimum absolute atomic E-state index is 0.229. The predicted octanol–water partition coefficient (Wildman–Crippen LogP) is 2.35. The summed E-state index contributed by atoms with van der Waals surface area (Å²) in [5, 5.41) is 3.86. The van der Waals surface area contributed by atoms with Crippen molar-refractivity contribution in [3.63, 3.8) is 0 Å². The Balaban J connectivity index is 2.94. The highest BCUT2D eigenvalue weighted by molar-refractivity contribution is 6.05. The smallest absolute Gasteiger partial charge is 0.229 e. The number of aromatic nitrogens is 2. The number of hydrogen-bond donors (Lipinski definition) is 0. The zero-order valence-corrected chi connectivity index (χ0v) is 9.27. The third-order valence-electron chi connectivity index (χ3n) is 1.80.